The summed E-state index contributed by atoms with van der Waals surface area (Å²) in [5, 5.41) is 3.14. The van der Waals surface area contributed by atoms with Crippen LogP contribution in [0.2, 0.25) is 0 Å². The van der Waals surface area contributed by atoms with E-state index in [4.69, 9.17) is 0 Å². The van der Waals surface area contributed by atoms with Crippen LogP contribution in [0.4, 0.5) is 0 Å². The number of rotatable bonds is 3. The van der Waals surface area contributed by atoms with E-state index in [1.54, 1.807) is 0 Å². The maximum Gasteiger partial charge on any atom is 0.268 e. The maximum atomic E-state index is 12.3. The average Bonchev–Trinajstić information content (AvgIpc) is 2.73. The van der Waals surface area contributed by atoms with Crippen molar-refractivity contribution < 1.29 is 4.79 Å². The zero-order valence-electron chi connectivity index (χ0n) is 10.8. The highest BCUT2D eigenvalue weighted by Crippen LogP contribution is 2.21. The number of halogens is 1. The van der Waals surface area contributed by atoms with E-state index in [9.17, 15) is 4.79 Å². The summed E-state index contributed by atoms with van der Waals surface area (Å²) in [5.74, 6) is 2.30. The smallest absolute Gasteiger partial charge is 0.268 e. The Morgan fingerprint density at radius 1 is 1.61 bits per heavy atom. The maximum absolute atomic E-state index is 12.3. The van der Waals surface area contributed by atoms with Crippen LogP contribution in [0.3, 0.4) is 0 Å². The third-order valence-electron chi connectivity index (χ3n) is 3.10. The Morgan fingerprint density at radius 2 is 2.39 bits per heavy atom. The molecule has 100 valence electrons. The van der Waals surface area contributed by atoms with E-state index >= 15 is 0 Å². The fraction of sp³-hybridized carbons (Fsp3) is 0.615. The summed E-state index contributed by atoms with van der Waals surface area (Å²) in [6, 6.07) is 2.51. The molecule has 0 saturated carbocycles. The minimum atomic E-state index is 0.0434. The van der Waals surface area contributed by atoms with Crippen LogP contribution in [-0.4, -0.2) is 28.0 Å². The van der Waals surface area contributed by atoms with Crippen LogP contribution in [0.25, 0.3) is 0 Å². The summed E-state index contributed by atoms with van der Waals surface area (Å²) in [6.07, 6.45) is 4.27. The molecule has 2 heterocycles. The molecular weight excluding hydrogens is 312 g/mol. The van der Waals surface area contributed by atoms with E-state index in [2.05, 4.69) is 35.1 Å². The molecule has 18 heavy (non-hydrogen) atoms. The van der Waals surface area contributed by atoms with Crippen molar-refractivity contribution in [1.82, 2.24) is 9.88 Å². The molecule has 1 N–H and O–H groups in total. The van der Waals surface area contributed by atoms with Gasteiger partial charge in [-0.15, -0.1) is 0 Å². The molecule has 1 saturated heterocycles. The zero-order chi connectivity index (χ0) is 13.1. The van der Waals surface area contributed by atoms with Crippen LogP contribution in [0.5, 0.6) is 0 Å². The normalized spacial score (nSPS) is 20.1. The summed E-state index contributed by atoms with van der Waals surface area (Å²) < 4.78 is 2.97. The molecule has 1 amide bonds. The van der Waals surface area contributed by atoms with Crippen LogP contribution >= 0.6 is 27.7 Å². The van der Waals surface area contributed by atoms with Gasteiger partial charge in [-0.3, -0.25) is 4.79 Å². The lowest BCUT2D eigenvalue weighted by Crippen LogP contribution is -2.39. The predicted octanol–water partition coefficient (Wildman–Crippen LogP) is 3.46. The molecule has 1 aromatic heterocycles. The van der Waals surface area contributed by atoms with Crippen molar-refractivity contribution in [3.05, 3.63) is 22.4 Å². The predicted molar refractivity (Wildman–Crippen MR) is 80.3 cm³/mol. The van der Waals surface area contributed by atoms with Crippen molar-refractivity contribution >= 4 is 33.6 Å². The molecule has 2 rings (SSSR count). The number of amides is 1. The number of nitrogens with one attached hydrogen (secondary N) is 1. The highest BCUT2D eigenvalue weighted by Gasteiger charge is 2.20. The van der Waals surface area contributed by atoms with Gasteiger partial charge in [-0.05, 0) is 54.4 Å². The van der Waals surface area contributed by atoms with Gasteiger partial charge in [0.25, 0.3) is 5.91 Å². The lowest BCUT2D eigenvalue weighted by molar-refractivity contribution is 0.0927. The van der Waals surface area contributed by atoms with Crippen LogP contribution in [0.1, 0.15) is 43.2 Å². The van der Waals surface area contributed by atoms with Gasteiger partial charge in [-0.2, -0.15) is 11.8 Å². The number of thioether (sulfide) groups is 1. The second-order valence-electron chi connectivity index (χ2n) is 4.93. The van der Waals surface area contributed by atoms with Gasteiger partial charge in [-0.1, -0.05) is 0 Å². The van der Waals surface area contributed by atoms with Gasteiger partial charge in [0.05, 0.1) is 0 Å². The summed E-state index contributed by atoms with van der Waals surface area (Å²) in [6.45, 7) is 4.17. The Morgan fingerprint density at radius 3 is 3.00 bits per heavy atom. The van der Waals surface area contributed by atoms with Gasteiger partial charge in [0.1, 0.15) is 5.69 Å². The van der Waals surface area contributed by atoms with Gasteiger partial charge in [0.15, 0.2) is 0 Å². The number of nitrogens with zero attached hydrogens (tertiary/aromatic N) is 1. The highest BCUT2D eigenvalue weighted by molar-refractivity contribution is 9.10. The first-order chi connectivity index (χ1) is 8.58. The van der Waals surface area contributed by atoms with E-state index in [1.807, 2.05) is 28.6 Å². The van der Waals surface area contributed by atoms with E-state index in [0.29, 0.717) is 6.04 Å². The first kappa shape index (κ1) is 14.0. The van der Waals surface area contributed by atoms with E-state index < -0.39 is 0 Å². The van der Waals surface area contributed by atoms with E-state index in [1.165, 1.54) is 12.2 Å². The fourth-order valence-corrected chi connectivity index (χ4v) is 3.68. The van der Waals surface area contributed by atoms with Gasteiger partial charge < -0.3 is 9.88 Å². The van der Waals surface area contributed by atoms with Crippen LogP contribution in [0.15, 0.2) is 16.7 Å². The van der Waals surface area contributed by atoms with Crippen LogP contribution in [0, 0.1) is 0 Å². The Kier molecular flexibility index (Phi) is 4.78. The monoisotopic (exact) mass is 330 g/mol. The molecule has 0 aromatic carbocycles. The number of carbonyl (C=O) groups is 1. The lowest BCUT2D eigenvalue weighted by Gasteiger charge is -2.23. The van der Waals surface area contributed by atoms with Crippen LogP contribution < -0.4 is 5.32 Å². The largest absolute Gasteiger partial charge is 0.347 e. The molecule has 5 heteroatoms. The van der Waals surface area contributed by atoms with Crippen molar-refractivity contribution in [3.63, 3.8) is 0 Å². The Hall–Kier alpha value is -0.420. The van der Waals surface area contributed by atoms with Gasteiger partial charge >= 0.3 is 0 Å². The van der Waals surface area contributed by atoms with Crippen molar-refractivity contribution in [2.24, 2.45) is 0 Å². The summed E-state index contributed by atoms with van der Waals surface area (Å²) in [7, 11) is 0. The fourth-order valence-electron chi connectivity index (χ4n) is 2.17. The van der Waals surface area contributed by atoms with Crippen molar-refractivity contribution in [3.8, 4) is 0 Å². The Balaban J connectivity index is 2.08. The molecule has 1 aromatic rings. The topological polar surface area (TPSA) is 34.0 Å². The third kappa shape index (κ3) is 3.32. The average molecular weight is 331 g/mol. The quantitative estimate of drug-likeness (QED) is 0.920. The summed E-state index contributed by atoms with van der Waals surface area (Å²) in [4.78, 5) is 12.3. The first-order valence-corrected chi connectivity index (χ1v) is 8.28. The zero-order valence-corrected chi connectivity index (χ0v) is 13.2. The molecule has 0 spiro atoms. The number of hydrogen-bond donors (Lipinski definition) is 1. The first-order valence-electron chi connectivity index (χ1n) is 6.34. The summed E-state index contributed by atoms with van der Waals surface area (Å²) >= 11 is 5.36. The number of carbonyl (C=O) groups excluding carboxylic acids is 1. The summed E-state index contributed by atoms with van der Waals surface area (Å²) in [5.41, 5.74) is 0.743. The number of aromatic nitrogens is 1. The molecule has 1 atom stereocenters. The molecule has 3 nitrogen and oxygen atoms in total. The van der Waals surface area contributed by atoms with Crippen molar-refractivity contribution in [2.45, 2.75) is 38.8 Å². The molecule has 0 bridgehead atoms. The number of hydrogen-bond acceptors (Lipinski definition) is 2. The Labute approximate surface area is 121 Å². The van der Waals surface area contributed by atoms with Crippen LogP contribution in [-0.2, 0) is 0 Å². The molecule has 1 unspecified atom stereocenters. The minimum absolute atomic E-state index is 0.0434. The molecule has 1 aliphatic rings. The molecule has 0 aliphatic carbocycles. The van der Waals surface area contributed by atoms with Crippen molar-refractivity contribution in [1.29, 1.82) is 0 Å². The molecule has 1 aliphatic heterocycles. The minimum Gasteiger partial charge on any atom is -0.347 e. The molecule has 1 fully saturated rings. The van der Waals surface area contributed by atoms with E-state index in [-0.39, 0.29) is 11.9 Å². The molecule has 0 radical (unpaired) electrons. The second kappa shape index (κ2) is 6.15. The lowest BCUT2D eigenvalue weighted by atomic mass is 10.2. The van der Waals surface area contributed by atoms with Gasteiger partial charge in [0, 0.05) is 28.5 Å². The van der Waals surface area contributed by atoms with Gasteiger partial charge in [0.2, 0.25) is 0 Å². The SMILES string of the molecule is CC(C)n1cc(Br)cc1C(=O)NC1CCCSC1. The van der Waals surface area contributed by atoms with E-state index in [0.717, 1.165) is 22.3 Å². The highest BCUT2D eigenvalue weighted by atomic mass is 79.9. The molecular formula is C13H19BrN2OS. The van der Waals surface area contributed by atoms with Crippen molar-refractivity contribution in [2.75, 3.05) is 11.5 Å². The van der Waals surface area contributed by atoms with Gasteiger partial charge in [-0.25, -0.2) is 0 Å². The Bertz CT molecular complexity index is 425. The third-order valence-corrected chi connectivity index (χ3v) is 4.75. The standard InChI is InChI=1S/C13H19BrN2OS/c1-9(2)16-7-10(14)6-12(16)13(17)15-11-4-3-5-18-8-11/h6-7,9,11H,3-5,8H2,1-2H3,(H,15,17). The second-order valence-corrected chi connectivity index (χ2v) is 7.00.